The van der Waals surface area contributed by atoms with Gasteiger partial charge in [0.05, 0.1) is 12.3 Å². The highest BCUT2D eigenvalue weighted by Gasteiger charge is 2.03. The van der Waals surface area contributed by atoms with E-state index < -0.39 is 0 Å². The molecule has 1 aromatic rings. The quantitative estimate of drug-likeness (QED) is 0.624. The van der Waals surface area contributed by atoms with E-state index in [1.807, 2.05) is 13.8 Å². The molecule has 0 aliphatic carbocycles. The third-order valence-corrected chi connectivity index (χ3v) is 2.42. The van der Waals surface area contributed by atoms with Gasteiger partial charge in [-0.2, -0.15) is 0 Å². The maximum absolute atomic E-state index is 8.86. The zero-order valence-corrected chi connectivity index (χ0v) is 7.52. The predicted molar refractivity (Wildman–Crippen MR) is 46.9 cm³/mol. The second-order valence-corrected chi connectivity index (χ2v) is 2.95. The first-order valence-corrected chi connectivity index (χ1v) is 3.86. The lowest BCUT2D eigenvalue weighted by Crippen LogP contribution is -1.94. The van der Waals surface area contributed by atoms with Crippen molar-refractivity contribution in [2.24, 2.45) is 0 Å². The molecule has 0 aliphatic rings. The van der Waals surface area contributed by atoms with Crippen LogP contribution in [0.2, 0.25) is 0 Å². The highest BCUT2D eigenvalue weighted by molar-refractivity contribution is 7.80. The zero-order valence-electron chi connectivity index (χ0n) is 6.63. The molecule has 1 N–H and O–H groups in total. The highest BCUT2D eigenvalue weighted by atomic mass is 32.1. The van der Waals surface area contributed by atoms with Crippen molar-refractivity contribution in [3.63, 3.8) is 0 Å². The Balaban J connectivity index is 3.25. The number of thiol groups is 1. The van der Waals surface area contributed by atoms with Crippen molar-refractivity contribution in [2.75, 3.05) is 0 Å². The van der Waals surface area contributed by atoms with E-state index in [1.54, 1.807) is 6.20 Å². The molecule has 0 fully saturated rings. The minimum absolute atomic E-state index is 0.0344. The van der Waals surface area contributed by atoms with Gasteiger partial charge in [0.1, 0.15) is 0 Å². The molecule has 0 amide bonds. The molecule has 0 bridgehead atoms. The predicted octanol–water partition coefficient (Wildman–Crippen LogP) is 1.48. The van der Waals surface area contributed by atoms with Crippen molar-refractivity contribution < 1.29 is 5.11 Å². The number of aliphatic hydroxyl groups excluding tert-OH is 1. The van der Waals surface area contributed by atoms with Gasteiger partial charge in [-0.25, -0.2) is 0 Å². The Bertz CT molecular complexity index is 273. The topological polar surface area (TPSA) is 33.1 Å². The maximum Gasteiger partial charge on any atom is 0.0699 e. The summed E-state index contributed by atoms with van der Waals surface area (Å²) in [7, 11) is 0. The third kappa shape index (κ3) is 1.54. The van der Waals surface area contributed by atoms with Gasteiger partial charge in [0.25, 0.3) is 0 Å². The summed E-state index contributed by atoms with van der Waals surface area (Å²) in [5.74, 6) is 0. The van der Waals surface area contributed by atoms with Gasteiger partial charge in [0, 0.05) is 11.1 Å². The molecular formula is C8H11NOS. The smallest absolute Gasteiger partial charge is 0.0699 e. The number of aryl methyl sites for hydroxylation is 1. The van der Waals surface area contributed by atoms with Crippen molar-refractivity contribution in [1.29, 1.82) is 0 Å². The van der Waals surface area contributed by atoms with Gasteiger partial charge in [-0.3, -0.25) is 4.98 Å². The Morgan fingerprint density at radius 3 is 2.73 bits per heavy atom. The van der Waals surface area contributed by atoms with Crippen LogP contribution in [0.4, 0.5) is 0 Å². The minimum atomic E-state index is 0.0344. The van der Waals surface area contributed by atoms with E-state index in [2.05, 4.69) is 17.6 Å². The second-order valence-electron chi connectivity index (χ2n) is 2.50. The molecule has 0 spiro atoms. The normalized spacial score (nSPS) is 10.2. The van der Waals surface area contributed by atoms with Crippen molar-refractivity contribution in [2.45, 2.75) is 25.3 Å². The lowest BCUT2D eigenvalue weighted by molar-refractivity contribution is 0.280. The molecule has 1 heterocycles. The van der Waals surface area contributed by atoms with E-state index >= 15 is 0 Å². The molecule has 0 saturated heterocycles. The Morgan fingerprint density at radius 2 is 2.18 bits per heavy atom. The molecular weight excluding hydrogens is 158 g/mol. The van der Waals surface area contributed by atoms with Crippen molar-refractivity contribution in [3.05, 3.63) is 23.0 Å². The van der Waals surface area contributed by atoms with Gasteiger partial charge in [0.2, 0.25) is 0 Å². The number of hydrogen-bond acceptors (Lipinski definition) is 3. The fraction of sp³-hybridized carbons (Fsp3) is 0.375. The Hall–Kier alpha value is -0.540. The van der Waals surface area contributed by atoms with Crippen LogP contribution in [-0.2, 0) is 6.61 Å². The Kier molecular flexibility index (Phi) is 2.52. The number of aliphatic hydroxyl groups is 1. The van der Waals surface area contributed by atoms with Gasteiger partial charge < -0.3 is 5.11 Å². The SMILES string of the molecule is Cc1ncc(CO)c(C)c1S. The van der Waals surface area contributed by atoms with Gasteiger partial charge in [-0.1, -0.05) is 0 Å². The van der Waals surface area contributed by atoms with Crippen molar-refractivity contribution in [1.82, 2.24) is 4.98 Å². The molecule has 1 aromatic heterocycles. The standard InChI is InChI=1S/C8H11NOS/c1-5-7(4-10)3-9-6(2)8(5)11/h3,10-11H,4H2,1-2H3. The number of pyridine rings is 1. The summed E-state index contributed by atoms with van der Waals surface area (Å²) in [4.78, 5) is 4.95. The monoisotopic (exact) mass is 169 g/mol. The molecule has 0 aromatic carbocycles. The fourth-order valence-electron chi connectivity index (χ4n) is 0.916. The molecule has 2 nitrogen and oxygen atoms in total. The summed E-state index contributed by atoms with van der Waals surface area (Å²) in [6.07, 6.45) is 1.68. The maximum atomic E-state index is 8.86. The lowest BCUT2D eigenvalue weighted by atomic mass is 10.1. The summed E-state index contributed by atoms with van der Waals surface area (Å²) in [6.45, 7) is 3.87. The first kappa shape index (κ1) is 8.56. The highest BCUT2D eigenvalue weighted by Crippen LogP contribution is 2.18. The summed E-state index contributed by atoms with van der Waals surface area (Å²) in [5, 5.41) is 8.86. The Labute approximate surface area is 71.7 Å². The lowest BCUT2D eigenvalue weighted by Gasteiger charge is -2.06. The van der Waals surface area contributed by atoms with E-state index in [9.17, 15) is 0 Å². The van der Waals surface area contributed by atoms with Crippen molar-refractivity contribution >= 4 is 12.6 Å². The van der Waals surface area contributed by atoms with E-state index in [0.29, 0.717) is 0 Å². The van der Waals surface area contributed by atoms with Crippen LogP contribution in [0.3, 0.4) is 0 Å². The van der Waals surface area contributed by atoms with Crippen LogP contribution < -0.4 is 0 Å². The fourth-order valence-corrected chi connectivity index (χ4v) is 1.12. The van der Waals surface area contributed by atoms with Crippen LogP contribution in [0, 0.1) is 13.8 Å². The molecule has 0 unspecified atom stereocenters. The molecule has 0 aliphatic heterocycles. The van der Waals surface area contributed by atoms with Gasteiger partial charge in [-0.05, 0) is 25.0 Å². The largest absolute Gasteiger partial charge is 0.392 e. The number of hydrogen-bond donors (Lipinski definition) is 2. The summed E-state index contributed by atoms with van der Waals surface area (Å²) < 4.78 is 0. The summed E-state index contributed by atoms with van der Waals surface area (Å²) in [5.41, 5.74) is 2.77. The number of nitrogens with zero attached hydrogens (tertiary/aromatic N) is 1. The van der Waals surface area contributed by atoms with Crippen molar-refractivity contribution in [3.8, 4) is 0 Å². The average Bonchev–Trinajstić information content (AvgIpc) is 2.01. The second kappa shape index (κ2) is 3.24. The number of rotatable bonds is 1. The van der Waals surface area contributed by atoms with Crippen LogP contribution in [-0.4, -0.2) is 10.1 Å². The Morgan fingerprint density at radius 1 is 1.55 bits per heavy atom. The summed E-state index contributed by atoms with van der Waals surface area (Å²) >= 11 is 4.26. The van der Waals surface area contributed by atoms with Gasteiger partial charge in [0.15, 0.2) is 0 Å². The molecule has 11 heavy (non-hydrogen) atoms. The molecule has 0 atom stereocenters. The third-order valence-electron chi connectivity index (χ3n) is 1.76. The number of aromatic nitrogens is 1. The van der Waals surface area contributed by atoms with E-state index in [-0.39, 0.29) is 6.61 Å². The average molecular weight is 169 g/mol. The van der Waals surface area contributed by atoms with Crippen LogP contribution in [0.1, 0.15) is 16.8 Å². The summed E-state index contributed by atoms with van der Waals surface area (Å²) in [6, 6.07) is 0. The minimum Gasteiger partial charge on any atom is -0.392 e. The van der Waals surface area contributed by atoms with Crippen LogP contribution in [0.25, 0.3) is 0 Å². The van der Waals surface area contributed by atoms with Crippen LogP contribution in [0.15, 0.2) is 11.1 Å². The molecule has 60 valence electrons. The van der Waals surface area contributed by atoms with E-state index in [4.69, 9.17) is 5.11 Å². The first-order valence-electron chi connectivity index (χ1n) is 3.41. The van der Waals surface area contributed by atoms with E-state index in [1.165, 1.54) is 0 Å². The van der Waals surface area contributed by atoms with Crippen LogP contribution in [0.5, 0.6) is 0 Å². The van der Waals surface area contributed by atoms with Gasteiger partial charge >= 0.3 is 0 Å². The molecule has 3 heteroatoms. The molecule has 1 rings (SSSR count). The molecule has 0 saturated carbocycles. The van der Waals surface area contributed by atoms with Gasteiger partial charge in [-0.15, -0.1) is 12.6 Å². The van der Waals surface area contributed by atoms with E-state index in [0.717, 1.165) is 21.7 Å². The zero-order chi connectivity index (χ0) is 8.43. The van der Waals surface area contributed by atoms with Crippen LogP contribution >= 0.6 is 12.6 Å². The molecule has 0 radical (unpaired) electrons. The first-order chi connectivity index (χ1) is 5.16.